The average Bonchev–Trinajstić information content (AvgIpc) is 2.87. The number of anilines is 1. The van der Waals surface area contributed by atoms with Gasteiger partial charge in [0, 0.05) is 0 Å². The van der Waals surface area contributed by atoms with E-state index in [4.69, 9.17) is 4.74 Å². The zero-order valence-electron chi connectivity index (χ0n) is 11.7. The predicted molar refractivity (Wildman–Crippen MR) is 73.3 cm³/mol. The lowest BCUT2D eigenvalue weighted by Gasteiger charge is -2.24. The van der Waals surface area contributed by atoms with E-state index < -0.39 is 5.60 Å². The van der Waals surface area contributed by atoms with Crippen LogP contribution in [0.5, 0.6) is 5.75 Å². The van der Waals surface area contributed by atoms with Crippen LogP contribution in [0.2, 0.25) is 0 Å². The summed E-state index contributed by atoms with van der Waals surface area (Å²) < 4.78 is 5.67. The van der Waals surface area contributed by atoms with Crippen LogP contribution in [-0.2, 0) is 11.3 Å². The standard InChI is InChI=1S/C13H17N5O2/c1-4-18-16-12(15-17-18)14-11(19)13(2,3)20-10-8-6-5-7-9-10/h5-9H,4H2,1-3H3,(H,14,16,19). The Labute approximate surface area is 116 Å². The van der Waals surface area contributed by atoms with Gasteiger partial charge in [0.15, 0.2) is 5.60 Å². The molecule has 7 nitrogen and oxygen atoms in total. The lowest BCUT2D eigenvalue weighted by atomic mass is 10.1. The Morgan fingerprint density at radius 3 is 2.65 bits per heavy atom. The van der Waals surface area contributed by atoms with Gasteiger partial charge in [-0.1, -0.05) is 23.3 Å². The number of benzene rings is 1. The number of aromatic nitrogens is 4. The SMILES string of the molecule is CCn1nnc(NC(=O)C(C)(C)Oc2ccccc2)n1. The number of nitrogens with zero attached hydrogens (tertiary/aromatic N) is 4. The third-order valence-corrected chi connectivity index (χ3v) is 2.62. The summed E-state index contributed by atoms with van der Waals surface area (Å²) in [5.41, 5.74) is -1.04. The van der Waals surface area contributed by atoms with Gasteiger partial charge in [-0.3, -0.25) is 10.1 Å². The van der Waals surface area contributed by atoms with Crippen LogP contribution >= 0.6 is 0 Å². The van der Waals surface area contributed by atoms with Crippen molar-refractivity contribution in [1.29, 1.82) is 0 Å². The summed E-state index contributed by atoms with van der Waals surface area (Å²) in [5.74, 6) is 0.455. The highest BCUT2D eigenvalue weighted by atomic mass is 16.5. The van der Waals surface area contributed by atoms with E-state index >= 15 is 0 Å². The van der Waals surface area contributed by atoms with E-state index in [2.05, 4.69) is 20.7 Å². The smallest absolute Gasteiger partial charge is 0.270 e. The molecule has 0 atom stereocenters. The molecule has 1 amide bonds. The summed E-state index contributed by atoms with van der Waals surface area (Å²) in [7, 11) is 0. The number of amides is 1. The number of hydrogen-bond donors (Lipinski definition) is 1. The third kappa shape index (κ3) is 3.31. The van der Waals surface area contributed by atoms with Gasteiger partial charge < -0.3 is 4.74 Å². The Kier molecular flexibility index (Phi) is 3.97. The minimum absolute atomic E-state index is 0.168. The second-order valence-corrected chi connectivity index (χ2v) is 4.68. The molecule has 1 heterocycles. The number of aryl methyl sites for hydroxylation is 1. The Bertz CT molecular complexity index is 579. The molecule has 0 aliphatic heterocycles. The molecule has 2 rings (SSSR count). The number of hydrogen-bond acceptors (Lipinski definition) is 5. The quantitative estimate of drug-likeness (QED) is 0.894. The summed E-state index contributed by atoms with van der Waals surface area (Å²) >= 11 is 0. The monoisotopic (exact) mass is 275 g/mol. The molecule has 0 aliphatic carbocycles. The Balaban J connectivity index is 2.03. The van der Waals surface area contributed by atoms with Gasteiger partial charge in [0.2, 0.25) is 0 Å². The Morgan fingerprint density at radius 2 is 2.05 bits per heavy atom. The van der Waals surface area contributed by atoms with E-state index in [1.54, 1.807) is 26.0 Å². The van der Waals surface area contributed by atoms with Crippen LogP contribution in [0.15, 0.2) is 30.3 Å². The fourth-order valence-corrected chi connectivity index (χ4v) is 1.51. The van der Waals surface area contributed by atoms with Crippen molar-refractivity contribution in [3.05, 3.63) is 30.3 Å². The molecule has 7 heteroatoms. The molecule has 2 aromatic rings. The van der Waals surface area contributed by atoms with Crippen molar-refractivity contribution in [3.8, 4) is 5.75 Å². The number of carbonyl (C=O) groups excluding carboxylic acids is 1. The zero-order valence-corrected chi connectivity index (χ0v) is 11.7. The molecule has 0 radical (unpaired) electrons. The average molecular weight is 275 g/mol. The largest absolute Gasteiger partial charge is 0.478 e. The van der Waals surface area contributed by atoms with Crippen molar-refractivity contribution in [1.82, 2.24) is 20.2 Å². The van der Waals surface area contributed by atoms with Gasteiger partial charge >= 0.3 is 0 Å². The maximum Gasteiger partial charge on any atom is 0.270 e. The predicted octanol–water partition coefficient (Wildman–Crippen LogP) is 1.49. The second-order valence-electron chi connectivity index (χ2n) is 4.68. The zero-order chi connectivity index (χ0) is 14.6. The number of nitrogens with one attached hydrogen (secondary N) is 1. The van der Waals surface area contributed by atoms with E-state index in [9.17, 15) is 4.79 Å². The van der Waals surface area contributed by atoms with Gasteiger partial charge in [-0.25, -0.2) is 0 Å². The van der Waals surface area contributed by atoms with Crippen LogP contribution in [0.3, 0.4) is 0 Å². The van der Waals surface area contributed by atoms with E-state index in [1.807, 2.05) is 25.1 Å². The summed E-state index contributed by atoms with van der Waals surface area (Å²) in [6, 6.07) is 9.16. The van der Waals surface area contributed by atoms with Crippen LogP contribution < -0.4 is 10.1 Å². The molecular formula is C13H17N5O2. The first kappa shape index (κ1) is 14.0. The van der Waals surface area contributed by atoms with Crippen LogP contribution in [0.4, 0.5) is 5.95 Å². The number of para-hydroxylation sites is 1. The van der Waals surface area contributed by atoms with Crippen LogP contribution in [0, 0.1) is 0 Å². The molecule has 0 saturated heterocycles. The lowest BCUT2D eigenvalue weighted by Crippen LogP contribution is -2.42. The molecule has 1 aromatic carbocycles. The van der Waals surface area contributed by atoms with E-state index in [1.165, 1.54) is 4.80 Å². The number of rotatable bonds is 5. The highest BCUT2D eigenvalue weighted by molar-refractivity contribution is 5.95. The highest BCUT2D eigenvalue weighted by Gasteiger charge is 2.31. The molecule has 1 N–H and O–H groups in total. The minimum atomic E-state index is -1.04. The van der Waals surface area contributed by atoms with Crippen LogP contribution in [0.25, 0.3) is 0 Å². The fraction of sp³-hybridized carbons (Fsp3) is 0.385. The molecule has 0 bridgehead atoms. The summed E-state index contributed by atoms with van der Waals surface area (Å²) in [6.07, 6.45) is 0. The Hall–Kier alpha value is -2.44. The highest BCUT2D eigenvalue weighted by Crippen LogP contribution is 2.18. The fourth-order valence-electron chi connectivity index (χ4n) is 1.51. The van der Waals surface area contributed by atoms with Crippen molar-refractivity contribution >= 4 is 11.9 Å². The minimum Gasteiger partial charge on any atom is -0.478 e. The van der Waals surface area contributed by atoms with Crippen LogP contribution in [0.1, 0.15) is 20.8 Å². The topological polar surface area (TPSA) is 81.9 Å². The lowest BCUT2D eigenvalue weighted by molar-refractivity contribution is -0.128. The van der Waals surface area contributed by atoms with Crippen molar-refractivity contribution in [2.24, 2.45) is 0 Å². The first-order chi connectivity index (χ1) is 9.51. The number of carbonyl (C=O) groups is 1. The van der Waals surface area contributed by atoms with Gasteiger partial charge in [-0.05, 0) is 38.1 Å². The normalized spacial score (nSPS) is 11.2. The number of tetrazole rings is 1. The maximum absolute atomic E-state index is 12.2. The summed E-state index contributed by atoms with van der Waals surface area (Å²) in [6.45, 7) is 5.83. The first-order valence-electron chi connectivity index (χ1n) is 6.34. The molecule has 106 valence electrons. The molecule has 0 fully saturated rings. The van der Waals surface area contributed by atoms with Gasteiger partial charge in [-0.2, -0.15) is 4.80 Å². The summed E-state index contributed by atoms with van der Waals surface area (Å²) in [5, 5.41) is 14.1. The van der Waals surface area contributed by atoms with Crippen molar-refractivity contribution in [2.45, 2.75) is 32.9 Å². The van der Waals surface area contributed by atoms with E-state index in [0.29, 0.717) is 12.3 Å². The molecule has 1 aromatic heterocycles. The van der Waals surface area contributed by atoms with Gasteiger partial charge in [-0.15, -0.1) is 5.10 Å². The first-order valence-corrected chi connectivity index (χ1v) is 6.34. The molecule has 0 saturated carbocycles. The molecule has 0 spiro atoms. The van der Waals surface area contributed by atoms with E-state index in [-0.39, 0.29) is 11.9 Å². The molecule has 20 heavy (non-hydrogen) atoms. The maximum atomic E-state index is 12.2. The van der Waals surface area contributed by atoms with Crippen molar-refractivity contribution in [3.63, 3.8) is 0 Å². The van der Waals surface area contributed by atoms with Crippen LogP contribution in [-0.4, -0.2) is 31.7 Å². The number of ether oxygens (including phenoxy) is 1. The Morgan fingerprint density at radius 1 is 1.35 bits per heavy atom. The summed E-state index contributed by atoms with van der Waals surface area (Å²) in [4.78, 5) is 13.6. The van der Waals surface area contributed by atoms with Gasteiger partial charge in [0.05, 0.1) is 6.54 Å². The van der Waals surface area contributed by atoms with Crippen molar-refractivity contribution in [2.75, 3.05) is 5.32 Å². The van der Waals surface area contributed by atoms with Crippen molar-refractivity contribution < 1.29 is 9.53 Å². The van der Waals surface area contributed by atoms with Gasteiger partial charge in [0.25, 0.3) is 11.9 Å². The van der Waals surface area contributed by atoms with Gasteiger partial charge in [0.1, 0.15) is 5.75 Å². The molecule has 0 aliphatic rings. The third-order valence-electron chi connectivity index (χ3n) is 2.62. The molecule has 0 unspecified atom stereocenters. The van der Waals surface area contributed by atoms with E-state index in [0.717, 1.165) is 0 Å². The molecular weight excluding hydrogens is 258 g/mol. The second kappa shape index (κ2) is 5.68.